The molecule has 3 aromatic rings. The SMILES string of the molecule is Cc1ccccc1-c1noc(CC(O)c2ccccc2)n1. The van der Waals surface area contributed by atoms with Crippen molar-refractivity contribution in [2.45, 2.75) is 19.4 Å². The molecule has 0 saturated heterocycles. The lowest BCUT2D eigenvalue weighted by Crippen LogP contribution is -2.01. The van der Waals surface area contributed by atoms with Crippen LogP contribution in [-0.2, 0) is 6.42 Å². The third-order valence-corrected chi connectivity index (χ3v) is 3.41. The summed E-state index contributed by atoms with van der Waals surface area (Å²) in [5, 5.41) is 14.2. The largest absolute Gasteiger partial charge is 0.388 e. The van der Waals surface area contributed by atoms with Crippen LogP contribution in [0, 0.1) is 6.92 Å². The Morgan fingerprint density at radius 1 is 1.05 bits per heavy atom. The minimum Gasteiger partial charge on any atom is -0.388 e. The Labute approximate surface area is 123 Å². The van der Waals surface area contributed by atoms with Gasteiger partial charge in [-0.1, -0.05) is 59.8 Å². The molecule has 1 atom stereocenters. The molecule has 0 spiro atoms. The van der Waals surface area contributed by atoms with Crippen LogP contribution < -0.4 is 0 Å². The molecule has 1 aromatic heterocycles. The van der Waals surface area contributed by atoms with Gasteiger partial charge in [0.2, 0.25) is 11.7 Å². The number of hydrogen-bond donors (Lipinski definition) is 1. The number of aliphatic hydroxyl groups excluding tert-OH is 1. The molecular weight excluding hydrogens is 264 g/mol. The van der Waals surface area contributed by atoms with E-state index in [1.165, 1.54) is 0 Å². The topological polar surface area (TPSA) is 59.2 Å². The van der Waals surface area contributed by atoms with Crippen molar-refractivity contribution in [3.63, 3.8) is 0 Å². The second kappa shape index (κ2) is 5.89. The monoisotopic (exact) mass is 280 g/mol. The summed E-state index contributed by atoms with van der Waals surface area (Å²) in [4.78, 5) is 4.37. The summed E-state index contributed by atoms with van der Waals surface area (Å²) < 4.78 is 5.25. The van der Waals surface area contributed by atoms with Crippen LogP contribution in [0.2, 0.25) is 0 Å². The highest BCUT2D eigenvalue weighted by Gasteiger charge is 2.15. The van der Waals surface area contributed by atoms with Crippen molar-refractivity contribution in [2.24, 2.45) is 0 Å². The maximum Gasteiger partial charge on any atom is 0.229 e. The number of hydrogen-bond acceptors (Lipinski definition) is 4. The van der Waals surface area contributed by atoms with Crippen LogP contribution in [0.25, 0.3) is 11.4 Å². The number of nitrogens with zero attached hydrogens (tertiary/aromatic N) is 2. The van der Waals surface area contributed by atoms with Gasteiger partial charge in [-0.15, -0.1) is 0 Å². The fourth-order valence-electron chi connectivity index (χ4n) is 2.23. The highest BCUT2D eigenvalue weighted by molar-refractivity contribution is 5.58. The van der Waals surface area contributed by atoms with Gasteiger partial charge in [0, 0.05) is 5.56 Å². The van der Waals surface area contributed by atoms with E-state index in [1.807, 2.05) is 61.5 Å². The average Bonchev–Trinajstić information content (AvgIpc) is 2.97. The van der Waals surface area contributed by atoms with E-state index < -0.39 is 6.10 Å². The summed E-state index contributed by atoms with van der Waals surface area (Å²) in [6.07, 6.45) is -0.334. The van der Waals surface area contributed by atoms with Crippen molar-refractivity contribution >= 4 is 0 Å². The molecular formula is C17H16N2O2. The van der Waals surface area contributed by atoms with E-state index in [2.05, 4.69) is 10.1 Å². The van der Waals surface area contributed by atoms with Gasteiger partial charge in [-0.3, -0.25) is 0 Å². The van der Waals surface area contributed by atoms with Gasteiger partial charge in [0.15, 0.2) is 0 Å². The lowest BCUT2D eigenvalue weighted by atomic mass is 10.1. The molecule has 0 saturated carbocycles. The molecule has 21 heavy (non-hydrogen) atoms. The number of aromatic nitrogens is 2. The molecule has 0 radical (unpaired) electrons. The molecule has 1 unspecified atom stereocenters. The molecule has 3 rings (SSSR count). The predicted octanol–water partition coefficient (Wildman–Crippen LogP) is 3.32. The zero-order valence-corrected chi connectivity index (χ0v) is 11.7. The smallest absolute Gasteiger partial charge is 0.229 e. The van der Waals surface area contributed by atoms with Crippen molar-refractivity contribution in [1.82, 2.24) is 10.1 Å². The molecule has 0 fully saturated rings. The predicted molar refractivity (Wildman–Crippen MR) is 79.6 cm³/mol. The highest BCUT2D eigenvalue weighted by Crippen LogP contribution is 2.22. The van der Waals surface area contributed by atoms with Gasteiger partial charge < -0.3 is 9.63 Å². The number of benzene rings is 2. The molecule has 0 aliphatic rings. The second-order valence-electron chi connectivity index (χ2n) is 4.96. The highest BCUT2D eigenvalue weighted by atomic mass is 16.5. The van der Waals surface area contributed by atoms with Crippen molar-refractivity contribution in [1.29, 1.82) is 0 Å². The van der Waals surface area contributed by atoms with Gasteiger partial charge in [0.05, 0.1) is 12.5 Å². The Morgan fingerprint density at radius 2 is 1.76 bits per heavy atom. The lowest BCUT2D eigenvalue weighted by Gasteiger charge is -2.07. The van der Waals surface area contributed by atoms with Crippen LogP contribution in [0.5, 0.6) is 0 Å². The van der Waals surface area contributed by atoms with Gasteiger partial charge in [-0.05, 0) is 18.1 Å². The fraction of sp³-hybridized carbons (Fsp3) is 0.176. The van der Waals surface area contributed by atoms with Gasteiger partial charge in [0.1, 0.15) is 0 Å². The van der Waals surface area contributed by atoms with E-state index in [0.29, 0.717) is 18.1 Å². The van der Waals surface area contributed by atoms with E-state index in [1.54, 1.807) is 0 Å². The first-order valence-electron chi connectivity index (χ1n) is 6.85. The summed E-state index contributed by atoms with van der Waals surface area (Å²) in [5.41, 5.74) is 2.88. The minimum atomic E-state index is -0.642. The Bertz CT molecular complexity index is 722. The quantitative estimate of drug-likeness (QED) is 0.796. The van der Waals surface area contributed by atoms with E-state index >= 15 is 0 Å². The third-order valence-electron chi connectivity index (χ3n) is 3.41. The van der Waals surface area contributed by atoms with E-state index in [9.17, 15) is 5.11 Å². The summed E-state index contributed by atoms with van der Waals surface area (Å²) in [6.45, 7) is 2.00. The molecule has 0 amide bonds. The third kappa shape index (κ3) is 3.01. The van der Waals surface area contributed by atoms with E-state index in [0.717, 1.165) is 16.7 Å². The molecule has 2 aromatic carbocycles. The first kappa shape index (κ1) is 13.5. The fourth-order valence-corrected chi connectivity index (χ4v) is 2.23. The van der Waals surface area contributed by atoms with Gasteiger partial charge in [-0.2, -0.15) is 4.98 Å². The van der Waals surface area contributed by atoms with Crippen LogP contribution in [0.3, 0.4) is 0 Å². The molecule has 4 nitrogen and oxygen atoms in total. The summed E-state index contributed by atoms with van der Waals surface area (Å²) >= 11 is 0. The van der Waals surface area contributed by atoms with Crippen molar-refractivity contribution < 1.29 is 9.63 Å². The summed E-state index contributed by atoms with van der Waals surface area (Å²) in [5.74, 6) is 0.993. The molecule has 0 aliphatic heterocycles. The standard InChI is InChI=1S/C17H16N2O2/c1-12-7-5-6-10-14(12)17-18-16(21-19-17)11-15(20)13-8-3-2-4-9-13/h2-10,15,20H,11H2,1H3. The zero-order valence-electron chi connectivity index (χ0n) is 11.7. The summed E-state index contributed by atoms with van der Waals surface area (Å²) in [6, 6.07) is 17.3. The molecule has 0 aliphatic carbocycles. The van der Waals surface area contributed by atoms with E-state index in [-0.39, 0.29) is 0 Å². The molecule has 0 bridgehead atoms. The van der Waals surface area contributed by atoms with Crippen LogP contribution in [0.4, 0.5) is 0 Å². The number of rotatable bonds is 4. The van der Waals surface area contributed by atoms with E-state index in [4.69, 9.17) is 4.52 Å². The van der Waals surface area contributed by atoms with Crippen LogP contribution in [0.15, 0.2) is 59.1 Å². The molecule has 4 heteroatoms. The molecule has 106 valence electrons. The molecule has 1 N–H and O–H groups in total. The van der Waals surface area contributed by atoms with Crippen LogP contribution in [0.1, 0.15) is 23.1 Å². The first-order valence-corrected chi connectivity index (χ1v) is 6.85. The first-order chi connectivity index (χ1) is 10.2. The van der Waals surface area contributed by atoms with Crippen molar-refractivity contribution in [2.75, 3.05) is 0 Å². The second-order valence-corrected chi connectivity index (χ2v) is 4.96. The average molecular weight is 280 g/mol. The Morgan fingerprint density at radius 3 is 2.52 bits per heavy atom. The maximum absolute atomic E-state index is 10.2. The normalized spacial score (nSPS) is 12.3. The van der Waals surface area contributed by atoms with Crippen molar-refractivity contribution in [3.8, 4) is 11.4 Å². The maximum atomic E-state index is 10.2. The van der Waals surface area contributed by atoms with Crippen molar-refractivity contribution in [3.05, 3.63) is 71.6 Å². The zero-order chi connectivity index (χ0) is 14.7. The number of aryl methyl sites for hydroxylation is 1. The molecule has 1 heterocycles. The minimum absolute atomic E-state index is 0.308. The van der Waals surface area contributed by atoms with Gasteiger partial charge in [0.25, 0.3) is 0 Å². The lowest BCUT2D eigenvalue weighted by molar-refractivity contribution is 0.165. The summed E-state index contributed by atoms with van der Waals surface area (Å²) in [7, 11) is 0. The van der Waals surface area contributed by atoms with Gasteiger partial charge >= 0.3 is 0 Å². The van der Waals surface area contributed by atoms with Crippen LogP contribution in [-0.4, -0.2) is 15.2 Å². The van der Waals surface area contributed by atoms with Gasteiger partial charge in [-0.25, -0.2) is 0 Å². The Balaban J connectivity index is 1.78. The number of aliphatic hydroxyl groups is 1. The Kier molecular flexibility index (Phi) is 3.79. The Hall–Kier alpha value is -2.46. The van der Waals surface area contributed by atoms with Crippen LogP contribution >= 0.6 is 0 Å².